The van der Waals surface area contributed by atoms with Crippen molar-refractivity contribution in [2.24, 2.45) is 0 Å². The van der Waals surface area contributed by atoms with Gasteiger partial charge in [0, 0.05) is 12.6 Å². The number of hydrogen-bond acceptors (Lipinski definition) is 4. The third-order valence-corrected chi connectivity index (χ3v) is 6.21. The number of hydrogen-bond donors (Lipinski definition) is 3. The van der Waals surface area contributed by atoms with Gasteiger partial charge in [-0.15, -0.1) is 0 Å². The summed E-state index contributed by atoms with van der Waals surface area (Å²) in [6, 6.07) is 19.9. The van der Waals surface area contributed by atoms with Crippen LogP contribution in [0.15, 0.2) is 77.7 Å². The van der Waals surface area contributed by atoms with E-state index in [4.69, 9.17) is 5.11 Å². The van der Waals surface area contributed by atoms with Gasteiger partial charge in [-0.2, -0.15) is 0 Å². The van der Waals surface area contributed by atoms with Gasteiger partial charge in [-0.3, -0.25) is 9.52 Å². The monoisotopic (exact) mass is 452 g/mol. The van der Waals surface area contributed by atoms with Crippen LogP contribution in [0.5, 0.6) is 0 Å². The molecule has 0 saturated carbocycles. The SMILES string of the molecule is CC(=O)Nc1ccc(S(=O)(=O)Nc2ccccc2CCCc2cccc(C(=O)O)c2)cc1. The summed E-state index contributed by atoms with van der Waals surface area (Å²) < 4.78 is 28.3. The Morgan fingerprint density at radius 1 is 0.906 bits per heavy atom. The molecule has 0 radical (unpaired) electrons. The topological polar surface area (TPSA) is 113 Å². The van der Waals surface area contributed by atoms with E-state index in [-0.39, 0.29) is 16.4 Å². The molecule has 3 aromatic carbocycles. The van der Waals surface area contributed by atoms with Gasteiger partial charge in [-0.25, -0.2) is 13.2 Å². The summed E-state index contributed by atoms with van der Waals surface area (Å²) in [6.07, 6.45) is 2.03. The quantitative estimate of drug-likeness (QED) is 0.448. The molecule has 0 aliphatic carbocycles. The van der Waals surface area contributed by atoms with E-state index in [0.717, 1.165) is 17.5 Å². The first-order valence-corrected chi connectivity index (χ1v) is 11.5. The van der Waals surface area contributed by atoms with Crippen LogP contribution in [0.1, 0.15) is 34.8 Å². The molecular formula is C24H24N2O5S. The van der Waals surface area contributed by atoms with Crippen LogP contribution in [0.4, 0.5) is 11.4 Å². The van der Waals surface area contributed by atoms with E-state index in [0.29, 0.717) is 24.2 Å². The summed E-state index contributed by atoms with van der Waals surface area (Å²) in [4.78, 5) is 22.3. The minimum Gasteiger partial charge on any atom is -0.478 e. The van der Waals surface area contributed by atoms with Crippen molar-refractivity contribution in [1.29, 1.82) is 0 Å². The molecule has 0 aliphatic heterocycles. The van der Waals surface area contributed by atoms with Gasteiger partial charge in [0.05, 0.1) is 16.1 Å². The standard InChI is InChI=1S/C24H24N2O5S/c1-17(27)25-21-12-14-22(15-13-21)32(30,31)26-23-11-3-2-8-19(23)9-4-6-18-7-5-10-20(16-18)24(28)29/h2-3,5,7-8,10-16,26H,4,6,9H2,1H3,(H,25,27)(H,28,29). The molecule has 7 nitrogen and oxygen atoms in total. The number of carboxylic acid groups (broad SMARTS) is 1. The van der Waals surface area contributed by atoms with Crippen LogP contribution in [0.3, 0.4) is 0 Å². The van der Waals surface area contributed by atoms with Gasteiger partial charge in [0.25, 0.3) is 10.0 Å². The second-order valence-corrected chi connectivity index (χ2v) is 9.01. The maximum atomic E-state index is 12.8. The number of anilines is 2. The number of rotatable bonds is 9. The van der Waals surface area contributed by atoms with E-state index in [1.807, 2.05) is 18.2 Å². The molecule has 8 heteroatoms. The fourth-order valence-electron chi connectivity index (χ4n) is 3.31. The summed E-state index contributed by atoms with van der Waals surface area (Å²) in [5.74, 6) is -1.20. The van der Waals surface area contributed by atoms with Crippen molar-refractivity contribution in [3.8, 4) is 0 Å². The largest absolute Gasteiger partial charge is 0.478 e. The van der Waals surface area contributed by atoms with Crippen LogP contribution < -0.4 is 10.0 Å². The van der Waals surface area contributed by atoms with Crippen molar-refractivity contribution in [2.45, 2.75) is 31.1 Å². The highest BCUT2D eigenvalue weighted by atomic mass is 32.2. The Kier molecular flexibility index (Phi) is 7.27. The molecule has 0 bridgehead atoms. The number of carbonyl (C=O) groups is 2. The molecule has 0 fully saturated rings. The Bertz CT molecular complexity index is 1220. The van der Waals surface area contributed by atoms with Crippen LogP contribution in [-0.2, 0) is 27.7 Å². The molecule has 0 aromatic heterocycles. The molecule has 3 aromatic rings. The van der Waals surface area contributed by atoms with Gasteiger partial charge in [0.15, 0.2) is 0 Å². The first-order valence-electron chi connectivity index (χ1n) is 10.1. The minimum atomic E-state index is -3.80. The van der Waals surface area contributed by atoms with E-state index in [9.17, 15) is 18.0 Å². The number of carbonyl (C=O) groups excluding carboxylic acids is 1. The molecule has 166 valence electrons. The molecule has 3 rings (SSSR count). The van der Waals surface area contributed by atoms with Crippen molar-refractivity contribution in [3.63, 3.8) is 0 Å². The van der Waals surface area contributed by atoms with Gasteiger partial charge in [-0.1, -0.05) is 30.3 Å². The van der Waals surface area contributed by atoms with Crippen molar-refractivity contribution in [1.82, 2.24) is 0 Å². The lowest BCUT2D eigenvalue weighted by Crippen LogP contribution is -2.14. The van der Waals surface area contributed by atoms with E-state index >= 15 is 0 Å². The van der Waals surface area contributed by atoms with Crippen LogP contribution in [-0.4, -0.2) is 25.4 Å². The average molecular weight is 453 g/mol. The van der Waals surface area contributed by atoms with E-state index in [1.54, 1.807) is 30.3 Å². The Morgan fingerprint density at radius 3 is 2.31 bits per heavy atom. The maximum absolute atomic E-state index is 12.8. The van der Waals surface area contributed by atoms with E-state index in [1.165, 1.54) is 31.2 Å². The van der Waals surface area contributed by atoms with Gasteiger partial charge in [0.1, 0.15) is 0 Å². The van der Waals surface area contributed by atoms with E-state index in [2.05, 4.69) is 10.0 Å². The van der Waals surface area contributed by atoms with Gasteiger partial charge < -0.3 is 10.4 Å². The van der Waals surface area contributed by atoms with Crippen molar-refractivity contribution < 1.29 is 23.1 Å². The Labute approximate surface area is 187 Å². The molecule has 0 heterocycles. The fourth-order valence-corrected chi connectivity index (χ4v) is 4.41. The number of para-hydroxylation sites is 1. The predicted molar refractivity (Wildman–Crippen MR) is 123 cm³/mol. The molecule has 0 unspecified atom stereocenters. The third kappa shape index (κ3) is 6.18. The number of sulfonamides is 1. The molecule has 0 atom stereocenters. The van der Waals surface area contributed by atoms with Crippen molar-refractivity contribution >= 4 is 33.3 Å². The summed E-state index contributed by atoms with van der Waals surface area (Å²) in [5.41, 5.74) is 3.03. The Hall–Kier alpha value is -3.65. The van der Waals surface area contributed by atoms with Crippen LogP contribution in [0, 0.1) is 0 Å². The molecule has 0 spiro atoms. The number of aromatic carboxylic acids is 1. The highest BCUT2D eigenvalue weighted by Crippen LogP contribution is 2.23. The number of benzene rings is 3. The minimum absolute atomic E-state index is 0.0897. The zero-order valence-electron chi connectivity index (χ0n) is 17.5. The van der Waals surface area contributed by atoms with Gasteiger partial charge >= 0.3 is 5.97 Å². The number of aryl methyl sites for hydroxylation is 2. The lowest BCUT2D eigenvalue weighted by atomic mass is 10.0. The van der Waals surface area contributed by atoms with Crippen molar-refractivity contribution in [3.05, 3.63) is 89.5 Å². The van der Waals surface area contributed by atoms with Crippen LogP contribution in [0.2, 0.25) is 0 Å². The zero-order chi connectivity index (χ0) is 23.1. The Morgan fingerprint density at radius 2 is 1.62 bits per heavy atom. The summed E-state index contributed by atoms with van der Waals surface area (Å²) in [5, 5.41) is 11.7. The highest BCUT2D eigenvalue weighted by molar-refractivity contribution is 7.92. The molecule has 3 N–H and O–H groups in total. The average Bonchev–Trinajstić information content (AvgIpc) is 2.75. The van der Waals surface area contributed by atoms with Gasteiger partial charge in [-0.05, 0) is 72.9 Å². The van der Waals surface area contributed by atoms with Crippen LogP contribution >= 0.6 is 0 Å². The summed E-state index contributed by atoms with van der Waals surface area (Å²) >= 11 is 0. The summed E-state index contributed by atoms with van der Waals surface area (Å²) in [7, 11) is -3.80. The molecule has 0 aliphatic rings. The molecular weight excluding hydrogens is 428 g/mol. The maximum Gasteiger partial charge on any atom is 0.335 e. The number of amides is 1. The summed E-state index contributed by atoms with van der Waals surface area (Å²) in [6.45, 7) is 1.38. The predicted octanol–water partition coefficient (Wildman–Crippen LogP) is 4.32. The van der Waals surface area contributed by atoms with Crippen molar-refractivity contribution in [2.75, 3.05) is 10.0 Å². The molecule has 0 saturated heterocycles. The first kappa shape index (κ1) is 23.0. The smallest absolute Gasteiger partial charge is 0.335 e. The molecule has 32 heavy (non-hydrogen) atoms. The van der Waals surface area contributed by atoms with Crippen LogP contribution in [0.25, 0.3) is 0 Å². The zero-order valence-corrected chi connectivity index (χ0v) is 18.4. The lowest BCUT2D eigenvalue weighted by Gasteiger charge is -2.13. The third-order valence-electron chi connectivity index (χ3n) is 4.83. The Balaban J connectivity index is 1.68. The number of nitrogens with one attached hydrogen (secondary N) is 2. The van der Waals surface area contributed by atoms with Gasteiger partial charge in [0.2, 0.25) is 5.91 Å². The van der Waals surface area contributed by atoms with E-state index < -0.39 is 16.0 Å². The fraction of sp³-hybridized carbons (Fsp3) is 0.167. The first-order chi connectivity index (χ1) is 15.2. The molecule has 1 amide bonds. The lowest BCUT2D eigenvalue weighted by molar-refractivity contribution is -0.114. The second kappa shape index (κ2) is 10.1. The normalized spacial score (nSPS) is 11.0. The second-order valence-electron chi connectivity index (χ2n) is 7.33. The number of carboxylic acids is 1. The highest BCUT2D eigenvalue weighted by Gasteiger charge is 2.16.